The second kappa shape index (κ2) is 13.2. The number of hydrogen-bond donors (Lipinski definition) is 1. The lowest BCUT2D eigenvalue weighted by atomic mass is 10.1. The van der Waals surface area contributed by atoms with Gasteiger partial charge < -0.3 is 10.2 Å². The Kier molecular flexibility index (Phi) is 10.3. The van der Waals surface area contributed by atoms with Gasteiger partial charge in [-0.05, 0) is 67.6 Å². The molecule has 3 rings (SSSR count). The van der Waals surface area contributed by atoms with Crippen LogP contribution in [0.25, 0.3) is 0 Å². The molecular weight excluding hydrogens is 517 g/mol. The van der Waals surface area contributed by atoms with Gasteiger partial charge in [-0.15, -0.1) is 0 Å². The SMILES string of the molecule is CCC(C(=O)NC1CCCC1)N(Cc1ccc(Cl)cc1)C(=O)CCCN(c1ccc(F)cc1)S(C)(=O)=O. The lowest BCUT2D eigenvalue weighted by molar-refractivity contribution is -0.141. The fourth-order valence-corrected chi connectivity index (χ4v) is 5.78. The second-order valence-corrected chi connectivity index (χ2v) is 11.8. The zero-order chi connectivity index (χ0) is 27.0. The molecule has 1 saturated carbocycles. The highest BCUT2D eigenvalue weighted by atomic mass is 35.5. The molecule has 1 unspecified atom stereocenters. The van der Waals surface area contributed by atoms with E-state index in [1.165, 1.54) is 24.3 Å². The average molecular weight is 552 g/mol. The molecule has 2 amide bonds. The highest BCUT2D eigenvalue weighted by Gasteiger charge is 2.30. The van der Waals surface area contributed by atoms with Gasteiger partial charge in [0.25, 0.3) is 0 Å². The molecule has 0 aromatic heterocycles. The molecule has 7 nitrogen and oxygen atoms in total. The molecule has 1 atom stereocenters. The molecule has 37 heavy (non-hydrogen) atoms. The van der Waals surface area contributed by atoms with Gasteiger partial charge in [-0.3, -0.25) is 13.9 Å². The maximum atomic E-state index is 13.5. The Bertz CT molecular complexity index is 1150. The number of halogens is 2. The molecule has 2 aromatic rings. The van der Waals surface area contributed by atoms with Crippen molar-refractivity contribution < 1.29 is 22.4 Å². The number of nitrogens with one attached hydrogen (secondary N) is 1. The highest BCUT2D eigenvalue weighted by molar-refractivity contribution is 7.92. The minimum Gasteiger partial charge on any atom is -0.352 e. The quantitative estimate of drug-likeness (QED) is 0.407. The van der Waals surface area contributed by atoms with E-state index < -0.39 is 21.9 Å². The topological polar surface area (TPSA) is 86.8 Å². The largest absolute Gasteiger partial charge is 0.352 e. The minimum absolute atomic E-state index is 0.0496. The molecule has 1 fully saturated rings. The Labute approximate surface area is 224 Å². The van der Waals surface area contributed by atoms with Crippen molar-refractivity contribution in [1.29, 1.82) is 0 Å². The Morgan fingerprint density at radius 2 is 1.70 bits per heavy atom. The van der Waals surface area contributed by atoms with E-state index in [4.69, 9.17) is 11.6 Å². The molecule has 1 N–H and O–H groups in total. The first-order chi connectivity index (χ1) is 17.6. The van der Waals surface area contributed by atoms with Crippen LogP contribution in [0.5, 0.6) is 0 Å². The summed E-state index contributed by atoms with van der Waals surface area (Å²) in [5, 5.41) is 3.69. The Balaban J connectivity index is 1.74. The van der Waals surface area contributed by atoms with Crippen LogP contribution in [0.2, 0.25) is 5.02 Å². The summed E-state index contributed by atoms with van der Waals surface area (Å²) in [6, 6.07) is 11.8. The molecule has 0 bridgehead atoms. The summed E-state index contributed by atoms with van der Waals surface area (Å²) in [4.78, 5) is 28.3. The lowest BCUT2D eigenvalue weighted by Crippen LogP contribution is -2.51. The second-order valence-electron chi connectivity index (χ2n) is 9.48. The van der Waals surface area contributed by atoms with E-state index in [0.717, 1.165) is 41.8 Å². The first-order valence-corrected chi connectivity index (χ1v) is 14.9. The van der Waals surface area contributed by atoms with Crippen LogP contribution in [-0.4, -0.2) is 50.0 Å². The van der Waals surface area contributed by atoms with Crippen LogP contribution in [0.15, 0.2) is 48.5 Å². The van der Waals surface area contributed by atoms with Crippen molar-refractivity contribution in [3.8, 4) is 0 Å². The predicted molar refractivity (Wildman–Crippen MR) is 144 cm³/mol. The molecule has 0 radical (unpaired) electrons. The van der Waals surface area contributed by atoms with E-state index in [-0.39, 0.29) is 43.8 Å². The van der Waals surface area contributed by atoms with Crippen LogP contribution >= 0.6 is 11.6 Å². The Morgan fingerprint density at radius 1 is 1.08 bits per heavy atom. The van der Waals surface area contributed by atoms with Gasteiger partial charge in [0.05, 0.1) is 11.9 Å². The monoisotopic (exact) mass is 551 g/mol. The molecule has 0 spiro atoms. The normalized spacial score (nSPS) is 14.8. The van der Waals surface area contributed by atoms with Gasteiger partial charge in [-0.2, -0.15) is 0 Å². The standard InChI is InChI=1S/C27H35ClFN3O4S/c1-3-25(27(34)30-23-7-4-5-8-23)31(19-20-10-12-21(28)13-11-20)26(33)9-6-18-32(37(2,35)36)24-16-14-22(29)15-17-24/h10-17,23,25H,3-9,18-19H2,1-2H3,(H,30,34). The summed E-state index contributed by atoms with van der Waals surface area (Å²) in [6.45, 7) is 2.16. The van der Waals surface area contributed by atoms with Crippen LogP contribution in [0, 0.1) is 5.82 Å². The van der Waals surface area contributed by atoms with Crippen molar-refractivity contribution in [2.45, 2.75) is 70.5 Å². The zero-order valence-electron chi connectivity index (χ0n) is 21.3. The number of anilines is 1. The summed E-state index contributed by atoms with van der Waals surface area (Å²) in [5.74, 6) is -0.872. The molecular formula is C27H35ClFN3O4S. The molecule has 1 aliphatic carbocycles. The third kappa shape index (κ3) is 8.43. The number of carbonyl (C=O) groups is 2. The summed E-state index contributed by atoms with van der Waals surface area (Å²) >= 11 is 6.02. The number of benzene rings is 2. The van der Waals surface area contributed by atoms with Crippen molar-refractivity contribution >= 4 is 39.1 Å². The van der Waals surface area contributed by atoms with E-state index >= 15 is 0 Å². The van der Waals surface area contributed by atoms with E-state index in [1.807, 2.05) is 19.1 Å². The molecule has 1 aliphatic rings. The van der Waals surface area contributed by atoms with Crippen LogP contribution in [0.3, 0.4) is 0 Å². The van der Waals surface area contributed by atoms with Gasteiger partial charge >= 0.3 is 0 Å². The molecule has 202 valence electrons. The molecule has 0 aliphatic heterocycles. The van der Waals surface area contributed by atoms with Gasteiger partial charge in [0, 0.05) is 30.6 Å². The number of nitrogens with zero attached hydrogens (tertiary/aromatic N) is 2. The van der Waals surface area contributed by atoms with Crippen molar-refractivity contribution in [1.82, 2.24) is 10.2 Å². The van der Waals surface area contributed by atoms with Crippen molar-refractivity contribution in [2.24, 2.45) is 0 Å². The first-order valence-electron chi connectivity index (χ1n) is 12.7. The molecule has 0 heterocycles. The van der Waals surface area contributed by atoms with Gasteiger partial charge in [0.15, 0.2) is 0 Å². The van der Waals surface area contributed by atoms with Gasteiger partial charge in [0.2, 0.25) is 21.8 Å². The maximum absolute atomic E-state index is 13.5. The van der Waals surface area contributed by atoms with Gasteiger partial charge in [-0.1, -0.05) is 43.5 Å². The average Bonchev–Trinajstić information content (AvgIpc) is 3.36. The third-order valence-corrected chi connectivity index (χ3v) is 8.07. The van der Waals surface area contributed by atoms with E-state index in [9.17, 15) is 22.4 Å². The zero-order valence-corrected chi connectivity index (χ0v) is 22.9. The van der Waals surface area contributed by atoms with Crippen molar-refractivity contribution in [3.05, 3.63) is 64.9 Å². The van der Waals surface area contributed by atoms with E-state index in [2.05, 4.69) is 5.32 Å². The van der Waals surface area contributed by atoms with Gasteiger partial charge in [0.1, 0.15) is 11.9 Å². The number of sulfonamides is 1. The molecule has 10 heteroatoms. The Hall–Kier alpha value is -2.65. The van der Waals surface area contributed by atoms with E-state index in [0.29, 0.717) is 17.1 Å². The maximum Gasteiger partial charge on any atom is 0.243 e. The number of hydrogen-bond acceptors (Lipinski definition) is 4. The number of amides is 2. The number of carbonyl (C=O) groups excluding carboxylic acids is 2. The first kappa shape index (κ1) is 28.9. The van der Waals surface area contributed by atoms with Crippen LogP contribution in [-0.2, 0) is 26.2 Å². The Morgan fingerprint density at radius 3 is 2.27 bits per heavy atom. The minimum atomic E-state index is -3.64. The molecule has 0 saturated heterocycles. The van der Waals surface area contributed by atoms with E-state index in [1.54, 1.807) is 17.0 Å². The molecule has 2 aromatic carbocycles. The summed E-state index contributed by atoms with van der Waals surface area (Å²) in [7, 11) is -3.64. The summed E-state index contributed by atoms with van der Waals surface area (Å²) in [5.41, 5.74) is 1.17. The van der Waals surface area contributed by atoms with Crippen LogP contribution in [0.4, 0.5) is 10.1 Å². The number of rotatable bonds is 12. The summed E-state index contributed by atoms with van der Waals surface area (Å²) in [6.07, 6.45) is 5.86. The van der Waals surface area contributed by atoms with Crippen LogP contribution < -0.4 is 9.62 Å². The fraction of sp³-hybridized carbons (Fsp3) is 0.481. The summed E-state index contributed by atoms with van der Waals surface area (Å²) < 4.78 is 39.3. The fourth-order valence-electron chi connectivity index (χ4n) is 4.68. The lowest BCUT2D eigenvalue weighted by Gasteiger charge is -2.32. The smallest absolute Gasteiger partial charge is 0.243 e. The van der Waals surface area contributed by atoms with Crippen molar-refractivity contribution in [3.63, 3.8) is 0 Å². The third-order valence-electron chi connectivity index (χ3n) is 6.62. The van der Waals surface area contributed by atoms with Crippen molar-refractivity contribution in [2.75, 3.05) is 17.1 Å². The highest BCUT2D eigenvalue weighted by Crippen LogP contribution is 2.22. The van der Waals surface area contributed by atoms with Gasteiger partial charge in [-0.25, -0.2) is 12.8 Å². The predicted octanol–water partition coefficient (Wildman–Crippen LogP) is 4.89. The van der Waals surface area contributed by atoms with Crippen LogP contribution in [0.1, 0.15) is 57.4 Å².